The number of carbonyl (C=O) groups excluding carboxylic acids is 2. The summed E-state index contributed by atoms with van der Waals surface area (Å²) >= 11 is 0. The Morgan fingerprint density at radius 3 is 2.25 bits per heavy atom. The molecule has 28 heavy (non-hydrogen) atoms. The van der Waals surface area contributed by atoms with Crippen molar-refractivity contribution < 1.29 is 24.1 Å². The lowest BCUT2D eigenvalue weighted by molar-refractivity contribution is -1.02. The number of ether oxygens (including phenoxy) is 1. The molecule has 1 fully saturated rings. The third-order valence-electron chi connectivity index (χ3n) is 5.37. The number of quaternary nitrogens is 2. The lowest BCUT2D eigenvalue weighted by Gasteiger charge is -2.29. The number of methoxy groups -OCH3 is 1. The van der Waals surface area contributed by atoms with Gasteiger partial charge in [-0.2, -0.15) is 0 Å². The predicted octanol–water partition coefficient (Wildman–Crippen LogP) is -0.296. The predicted molar refractivity (Wildman–Crippen MR) is 108 cm³/mol. The minimum Gasteiger partial charge on any atom is -0.465 e. The maximum Gasteiger partial charge on any atom is 0.337 e. The minimum atomic E-state index is -0.381. The van der Waals surface area contributed by atoms with Crippen LogP contribution in [0.15, 0.2) is 48.5 Å². The highest BCUT2D eigenvalue weighted by Gasteiger charge is 2.25. The third kappa shape index (κ3) is 5.41. The number of amides is 1. The van der Waals surface area contributed by atoms with Crippen LogP contribution in [-0.2, 0) is 16.1 Å². The number of benzene rings is 2. The van der Waals surface area contributed by atoms with Gasteiger partial charge in [0.2, 0.25) is 0 Å². The zero-order valence-electron chi connectivity index (χ0n) is 16.6. The number of esters is 1. The summed E-state index contributed by atoms with van der Waals surface area (Å²) in [5.41, 5.74) is 3.93. The molecule has 0 bridgehead atoms. The first kappa shape index (κ1) is 20.0. The maximum absolute atomic E-state index is 12.3. The lowest BCUT2D eigenvalue weighted by Crippen LogP contribution is -3.28. The van der Waals surface area contributed by atoms with Crippen LogP contribution in [0.1, 0.15) is 21.5 Å². The Hall–Kier alpha value is -2.70. The first-order chi connectivity index (χ1) is 13.5. The van der Waals surface area contributed by atoms with Crippen molar-refractivity contribution in [3.8, 4) is 0 Å². The number of nitrogens with one attached hydrogen (secondary N) is 3. The summed E-state index contributed by atoms with van der Waals surface area (Å²) in [6.45, 7) is 7.83. The summed E-state index contributed by atoms with van der Waals surface area (Å²) in [4.78, 5) is 26.7. The van der Waals surface area contributed by atoms with Gasteiger partial charge in [0.05, 0.1) is 12.7 Å². The van der Waals surface area contributed by atoms with E-state index in [4.69, 9.17) is 0 Å². The summed E-state index contributed by atoms with van der Waals surface area (Å²) in [6, 6.07) is 15.3. The van der Waals surface area contributed by atoms with Gasteiger partial charge in [-0.25, -0.2) is 4.79 Å². The van der Waals surface area contributed by atoms with E-state index in [-0.39, 0.29) is 11.9 Å². The summed E-state index contributed by atoms with van der Waals surface area (Å²) in [5, 5.41) is 2.91. The molecule has 0 unspecified atom stereocenters. The van der Waals surface area contributed by atoms with Crippen molar-refractivity contribution >= 4 is 17.6 Å². The Morgan fingerprint density at radius 1 is 0.964 bits per heavy atom. The van der Waals surface area contributed by atoms with Gasteiger partial charge < -0.3 is 19.9 Å². The van der Waals surface area contributed by atoms with Crippen molar-refractivity contribution in [2.45, 2.75) is 13.5 Å². The van der Waals surface area contributed by atoms with Crippen LogP contribution in [0.3, 0.4) is 0 Å². The molecule has 3 rings (SSSR count). The van der Waals surface area contributed by atoms with Gasteiger partial charge in [0.15, 0.2) is 6.54 Å². The van der Waals surface area contributed by atoms with Crippen LogP contribution in [0.5, 0.6) is 0 Å². The number of hydrogen-bond donors (Lipinski definition) is 3. The fraction of sp³-hybridized carbons (Fsp3) is 0.364. The molecule has 1 amide bonds. The number of piperazine rings is 1. The van der Waals surface area contributed by atoms with Gasteiger partial charge in [-0.1, -0.05) is 24.3 Å². The molecule has 148 valence electrons. The van der Waals surface area contributed by atoms with Gasteiger partial charge >= 0.3 is 5.97 Å². The molecule has 0 aromatic heterocycles. The van der Waals surface area contributed by atoms with Gasteiger partial charge in [0.25, 0.3) is 5.91 Å². The third-order valence-corrected chi connectivity index (χ3v) is 5.37. The van der Waals surface area contributed by atoms with Gasteiger partial charge in [-0.3, -0.25) is 4.79 Å². The molecule has 3 N–H and O–H groups in total. The van der Waals surface area contributed by atoms with Crippen molar-refractivity contribution in [2.75, 3.05) is 45.2 Å². The number of carbonyl (C=O) groups is 2. The van der Waals surface area contributed by atoms with E-state index in [2.05, 4.69) is 41.2 Å². The molecule has 0 atom stereocenters. The van der Waals surface area contributed by atoms with Crippen LogP contribution in [0.4, 0.5) is 5.69 Å². The van der Waals surface area contributed by atoms with E-state index in [0.29, 0.717) is 17.8 Å². The first-order valence-electron chi connectivity index (χ1n) is 9.75. The van der Waals surface area contributed by atoms with Crippen molar-refractivity contribution in [3.63, 3.8) is 0 Å². The van der Waals surface area contributed by atoms with Gasteiger partial charge in [0, 0.05) is 11.3 Å². The molecule has 0 saturated carbocycles. The molecule has 1 aliphatic heterocycles. The van der Waals surface area contributed by atoms with E-state index >= 15 is 0 Å². The Kier molecular flexibility index (Phi) is 6.79. The molecule has 0 spiro atoms. The van der Waals surface area contributed by atoms with Gasteiger partial charge in [0.1, 0.15) is 32.7 Å². The van der Waals surface area contributed by atoms with Gasteiger partial charge in [-0.15, -0.1) is 0 Å². The highest BCUT2D eigenvalue weighted by Crippen LogP contribution is 2.10. The standard InChI is InChI=1S/C22H27N3O3/c1-17-5-3-4-6-19(17)15-24-11-13-25(14-12-24)16-21(26)23-20-9-7-18(8-10-20)22(27)28-2/h3-10H,11-16H2,1-2H3,(H,23,26)/p+2. The van der Waals surface area contributed by atoms with E-state index in [9.17, 15) is 9.59 Å². The fourth-order valence-corrected chi connectivity index (χ4v) is 3.63. The van der Waals surface area contributed by atoms with E-state index in [1.54, 1.807) is 29.2 Å². The second-order valence-electron chi connectivity index (χ2n) is 7.40. The van der Waals surface area contributed by atoms with E-state index < -0.39 is 0 Å². The molecule has 0 radical (unpaired) electrons. The van der Waals surface area contributed by atoms with E-state index in [1.807, 2.05) is 0 Å². The normalized spacial score (nSPS) is 19.1. The van der Waals surface area contributed by atoms with Crippen molar-refractivity contribution in [2.24, 2.45) is 0 Å². The Balaban J connectivity index is 1.43. The van der Waals surface area contributed by atoms with Crippen LogP contribution < -0.4 is 15.1 Å². The zero-order chi connectivity index (χ0) is 19.9. The molecule has 2 aromatic rings. The maximum atomic E-state index is 12.3. The SMILES string of the molecule is COC(=O)c1ccc(NC(=O)C[NH+]2CC[NH+](Cc3ccccc3C)CC2)cc1. The average molecular weight is 383 g/mol. The topological polar surface area (TPSA) is 64.3 Å². The molecule has 1 saturated heterocycles. The van der Waals surface area contributed by atoms with Crippen molar-refractivity contribution in [1.29, 1.82) is 0 Å². The number of hydrogen-bond acceptors (Lipinski definition) is 3. The Morgan fingerprint density at radius 2 is 1.61 bits per heavy atom. The quantitative estimate of drug-likeness (QED) is 0.601. The largest absolute Gasteiger partial charge is 0.465 e. The summed E-state index contributed by atoms with van der Waals surface area (Å²) in [7, 11) is 1.35. The number of rotatable bonds is 6. The molecule has 1 heterocycles. The lowest BCUT2D eigenvalue weighted by atomic mass is 10.1. The summed E-state index contributed by atoms with van der Waals surface area (Å²) in [5.74, 6) is -0.378. The fourth-order valence-electron chi connectivity index (χ4n) is 3.63. The first-order valence-corrected chi connectivity index (χ1v) is 9.75. The molecule has 6 nitrogen and oxygen atoms in total. The van der Waals surface area contributed by atoms with E-state index in [1.165, 1.54) is 23.1 Å². The van der Waals surface area contributed by atoms with Gasteiger partial charge in [-0.05, 0) is 36.8 Å². The Bertz CT molecular complexity index is 812. The van der Waals surface area contributed by atoms with Crippen molar-refractivity contribution in [1.82, 2.24) is 0 Å². The van der Waals surface area contributed by atoms with Crippen molar-refractivity contribution in [3.05, 3.63) is 65.2 Å². The minimum absolute atomic E-state index is 0.00294. The second-order valence-corrected chi connectivity index (χ2v) is 7.40. The second kappa shape index (κ2) is 9.48. The average Bonchev–Trinajstić information content (AvgIpc) is 2.71. The Labute approximate surface area is 166 Å². The summed E-state index contributed by atoms with van der Waals surface area (Å²) < 4.78 is 4.68. The summed E-state index contributed by atoms with van der Waals surface area (Å²) in [6.07, 6.45) is 0. The molecular weight excluding hydrogens is 354 g/mol. The molecule has 6 heteroatoms. The monoisotopic (exact) mass is 383 g/mol. The van der Waals surface area contributed by atoms with E-state index in [0.717, 1.165) is 32.7 Å². The van der Waals surface area contributed by atoms with Crippen LogP contribution in [0.25, 0.3) is 0 Å². The number of anilines is 1. The van der Waals surface area contributed by atoms with Crippen LogP contribution in [0, 0.1) is 6.92 Å². The smallest absolute Gasteiger partial charge is 0.337 e. The molecule has 2 aromatic carbocycles. The van der Waals surface area contributed by atoms with Crippen LogP contribution >= 0.6 is 0 Å². The van der Waals surface area contributed by atoms with Crippen LogP contribution in [-0.4, -0.2) is 51.7 Å². The molecule has 1 aliphatic rings. The van der Waals surface area contributed by atoms with Crippen LogP contribution in [0.2, 0.25) is 0 Å². The number of aryl methyl sites for hydroxylation is 1. The molecular formula is C22H29N3O3+2. The zero-order valence-corrected chi connectivity index (χ0v) is 16.6. The molecule has 0 aliphatic carbocycles. The highest BCUT2D eigenvalue weighted by molar-refractivity contribution is 5.93. The highest BCUT2D eigenvalue weighted by atomic mass is 16.5.